The van der Waals surface area contributed by atoms with Crippen LogP contribution in [0.5, 0.6) is 0 Å². The number of benzene rings is 1. The van der Waals surface area contributed by atoms with Gasteiger partial charge in [-0.3, -0.25) is 4.79 Å². The topological polar surface area (TPSA) is 104 Å². The quantitative estimate of drug-likeness (QED) is 0.371. The smallest absolute Gasteiger partial charge is 0.278 e. The molecular formula is C29H32N8O2. The van der Waals surface area contributed by atoms with E-state index in [-0.39, 0.29) is 18.0 Å². The Kier molecular flexibility index (Phi) is 5.40. The van der Waals surface area contributed by atoms with Gasteiger partial charge in [0.25, 0.3) is 5.56 Å². The Hall–Kier alpha value is -4.02. The fraction of sp³-hybridized carbons (Fsp3) is 0.379. The molecule has 200 valence electrons. The first-order valence-electron chi connectivity index (χ1n) is 13.5. The van der Waals surface area contributed by atoms with Crippen LogP contribution in [0.15, 0.2) is 60.0 Å². The third-order valence-corrected chi connectivity index (χ3v) is 8.49. The predicted octanol–water partition coefficient (Wildman–Crippen LogP) is 2.98. The van der Waals surface area contributed by atoms with Gasteiger partial charge >= 0.3 is 0 Å². The largest absolute Gasteiger partial charge is 0.384 e. The number of allylic oxidation sites excluding steroid dienone is 1. The molecule has 4 aromatic rings. The number of anilines is 3. The van der Waals surface area contributed by atoms with Crippen LogP contribution in [0.1, 0.15) is 30.5 Å². The minimum atomic E-state index is -0.972. The van der Waals surface area contributed by atoms with E-state index in [4.69, 9.17) is 9.97 Å². The van der Waals surface area contributed by atoms with E-state index < -0.39 is 5.60 Å². The summed E-state index contributed by atoms with van der Waals surface area (Å²) in [6.45, 7) is 10.1. The number of likely N-dealkylation sites (N-methyl/N-ethyl adjacent to an activating group) is 1. The summed E-state index contributed by atoms with van der Waals surface area (Å²) in [5.74, 6) is 1.50. The second kappa shape index (κ2) is 8.75. The van der Waals surface area contributed by atoms with Gasteiger partial charge in [0, 0.05) is 49.7 Å². The fourth-order valence-electron chi connectivity index (χ4n) is 6.18. The maximum absolute atomic E-state index is 13.3. The van der Waals surface area contributed by atoms with Crippen molar-refractivity contribution in [2.45, 2.75) is 31.4 Å². The number of aliphatic hydroxyl groups is 1. The molecule has 0 amide bonds. The summed E-state index contributed by atoms with van der Waals surface area (Å²) in [4.78, 5) is 32.1. The average molecular weight is 525 g/mol. The number of pyridine rings is 1. The number of piperazine rings is 1. The van der Waals surface area contributed by atoms with Crippen molar-refractivity contribution >= 4 is 28.4 Å². The number of fused-ring (bicyclic) bond motifs is 4. The number of hydrogen-bond donors (Lipinski definition) is 2. The van der Waals surface area contributed by atoms with E-state index in [0.29, 0.717) is 34.4 Å². The van der Waals surface area contributed by atoms with Crippen LogP contribution in [-0.4, -0.2) is 67.5 Å². The highest BCUT2D eigenvalue weighted by Crippen LogP contribution is 2.63. The molecule has 1 aromatic carbocycles. The first kappa shape index (κ1) is 24.1. The fourth-order valence-corrected chi connectivity index (χ4v) is 6.18. The standard InChI is InChI=1S/C29H32N8O2/c1-4-11-36-27(38)22-17-30-28(31-18-5-7-19(8-6-18)35-14-12-34(3)13-15-35)33-26(22)37(36)24-10-9-20-21-16-23(21)29(2,39)25(20)32-24/h4-10,17,21,23,39H,1,11-16H2,2-3H3,(H,30,31,33). The second-order valence-corrected chi connectivity index (χ2v) is 11.1. The van der Waals surface area contributed by atoms with Crippen LogP contribution in [0.25, 0.3) is 16.9 Å². The average Bonchev–Trinajstić information content (AvgIpc) is 3.66. The van der Waals surface area contributed by atoms with Crippen LogP contribution in [0.3, 0.4) is 0 Å². The minimum absolute atomic E-state index is 0.216. The van der Waals surface area contributed by atoms with Gasteiger partial charge in [-0.05, 0) is 62.2 Å². The molecule has 2 fully saturated rings. The molecule has 7 rings (SSSR count). The third kappa shape index (κ3) is 3.85. The molecule has 10 heteroatoms. The first-order valence-corrected chi connectivity index (χ1v) is 13.5. The van der Waals surface area contributed by atoms with Crippen LogP contribution in [0, 0.1) is 5.92 Å². The normalized spacial score (nSPS) is 24.0. The zero-order chi connectivity index (χ0) is 26.9. The number of nitrogens with one attached hydrogen (secondary N) is 1. The number of aromatic nitrogens is 5. The van der Waals surface area contributed by atoms with Crippen molar-refractivity contribution in [2.75, 3.05) is 43.4 Å². The molecule has 0 bridgehead atoms. The van der Waals surface area contributed by atoms with E-state index >= 15 is 0 Å². The molecule has 0 radical (unpaired) electrons. The van der Waals surface area contributed by atoms with Gasteiger partial charge < -0.3 is 20.2 Å². The molecule has 1 saturated heterocycles. The molecule has 1 saturated carbocycles. The maximum Gasteiger partial charge on any atom is 0.278 e. The van der Waals surface area contributed by atoms with E-state index in [0.717, 1.165) is 43.9 Å². The van der Waals surface area contributed by atoms with Crippen LogP contribution >= 0.6 is 0 Å². The number of nitrogens with zero attached hydrogens (tertiary/aromatic N) is 7. The van der Waals surface area contributed by atoms with Crippen LogP contribution in [0.2, 0.25) is 0 Å². The summed E-state index contributed by atoms with van der Waals surface area (Å²) in [6, 6.07) is 12.2. The van der Waals surface area contributed by atoms with E-state index in [1.807, 2.05) is 31.2 Å². The highest BCUT2D eigenvalue weighted by molar-refractivity contribution is 5.77. The van der Waals surface area contributed by atoms with Crippen molar-refractivity contribution in [2.24, 2.45) is 5.92 Å². The van der Waals surface area contributed by atoms with Gasteiger partial charge in [0.1, 0.15) is 11.0 Å². The summed E-state index contributed by atoms with van der Waals surface area (Å²) < 4.78 is 3.27. The lowest BCUT2D eigenvalue weighted by atomic mass is 9.98. The molecule has 3 aliphatic rings. The van der Waals surface area contributed by atoms with Gasteiger partial charge in [-0.1, -0.05) is 12.1 Å². The lowest BCUT2D eigenvalue weighted by Crippen LogP contribution is -2.44. The summed E-state index contributed by atoms with van der Waals surface area (Å²) >= 11 is 0. The maximum atomic E-state index is 13.3. The van der Waals surface area contributed by atoms with Crippen LogP contribution < -0.4 is 15.8 Å². The Morgan fingerprint density at radius 3 is 2.64 bits per heavy atom. The molecule has 4 heterocycles. The lowest BCUT2D eigenvalue weighted by molar-refractivity contribution is 0.0350. The Labute approximate surface area is 226 Å². The third-order valence-electron chi connectivity index (χ3n) is 8.49. The molecule has 2 aliphatic carbocycles. The number of hydrogen-bond acceptors (Lipinski definition) is 8. The molecule has 0 spiro atoms. The predicted molar refractivity (Wildman–Crippen MR) is 151 cm³/mol. The second-order valence-electron chi connectivity index (χ2n) is 11.1. The lowest BCUT2D eigenvalue weighted by Gasteiger charge is -2.34. The van der Waals surface area contributed by atoms with Crippen molar-refractivity contribution in [3.05, 3.63) is 76.9 Å². The van der Waals surface area contributed by atoms with Crippen LogP contribution in [-0.2, 0) is 12.1 Å². The van der Waals surface area contributed by atoms with Crippen molar-refractivity contribution < 1.29 is 5.11 Å². The van der Waals surface area contributed by atoms with E-state index in [1.165, 1.54) is 5.69 Å². The van der Waals surface area contributed by atoms with Gasteiger partial charge in [0.05, 0.1) is 12.2 Å². The van der Waals surface area contributed by atoms with E-state index in [9.17, 15) is 9.90 Å². The molecule has 3 unspecified atom stereocenters. The molecule has 10 nitrogen and oxygen atoms in total. The van der Waals surface area contributed by atoms with Crippen molar-refractivity contribution in [1.29, 1.82) is 0 Å². The Bertz CT molecular complexity index is 1650. The molecule has 3 aromatic heterocycles. The highest BCUT2D eigenvalue weighted by atomic mass is 16.3. The number of rotatable bonds is 6. The summed E-state index contributed by atoms with van der Waals surface area (Å²) in [6.07, 6.45) is 4.22. The van der Waals surface area contributed by atoms with Crippen molar-refractivity contribution in [1.82, 2.24) is 29.2 Å². The van der Waals surface area contributed by atoms with Crippen LogP contribution in [0.4, 0.5) is 17.3 Å². The molecule has 1 aliphatic heterocycles. The van der Waals surface area contributed by atoms with Gasteiger partial charge in [-0.2, -0.15) is 4.98 Å². The Morgan fingerprint density at radius 2 is 1.90 bits per heavy atom. The minimum Gasteiger partial charge on any atom is -0.384 e. The molecular weight excluding hydrogens is 492 g/mol. The van der Waals surface area contributed by atoms with Crippen molar-refractivity contribution in [3.8, 4) is 5.82 Å². The van der Waals surface area contributed by atoms with Gasteiger partial charge in [-0.15, -0.1) is 6.58 Å². The van der Waals surface area contributed by atoms with Gasteiger partial charge in [-0.25, -0.2) is 19.3 Å². The van der Waals surface area contributed by atoms with E-state index in [2.05, 4.69) is 45.9 Å². The SMILES string of the molecule is C=CCn1c(=O)c2cnc(Nc3ccc(N4CCN(C)CC4)cc3)nc2n1-c1ccc2c(n1)C(C)(O)C1CC21. The van der Waals surface area contributed by atoms with E-state index in [1.54, 1.807) is 21.6 Å². The Morgan fingerprint density at radius 1 is 1.13 bits per heavy atom. The summed E-state index contributed by atoms with van der Waals surface area (Å²) in [5.41, 5.74) is 3.09. The zero-order valence-electron chi connectivity index (χ0n) is 22.2. The van der Waals surface area contributed by atoms with Crippen molar-refractivity contribution in [3.63, 3.8) is 0 Å². The molecule has 39 heavy (non-hydrogen) atoms. The molecule has 2 N–H and O–H groups in total. The monoisotopic (exact) mass is 524 g/mol. The van der Waals surface area contributed by atoms with Gasteiger partial charge in [0.15, 0.2) is 11.5 Å². The summed E-state index contributed by atoms with van der Waals surface area (Å²) in [7, 11) is 2.15. The first-order chi connectivity index (χ1) is 18.8. The zero-order valence-corrected chi connectivity index (χ0v) is 22.2. The molecule has 3 atom stereocenters. The Balaban J connectivity index is 1.24. The summed E-state index contributed by atoms with van der Waals surface area (Å²) in [5, 5.41) is 14.8. The van der Waals surface area contributed by atoms with Gasteiger partial charge in [0.2, 0.25) is 5.95 Å². The highest BCUT2D eigenvalue weighted by Gasteiger charge is 2.59.